The van der Waals surface area contributed by atoms with E-state index in [1.807, 2.05) is 16.7 Å². The highest BCUT2D eigenvalue weighted by atomic mass is 127. The third-order valence-corrected chi connectivity index (χ3v) is 4.18. The fourth-order valence-electron chi connectivity index (χ4n) is 2.66. The Hall–Kier alpha value is -2.43. The number of aryl methyl sites for hydroxylation is 2. The second-order valence-corrected chi connectivity index (χ2v) is 6.13. The smallest absolute Gasteiger partial charge is 0.214 e. The number of rotatable bonds is 7. The summed E-state index contributed by atoms with van der Waals surface area (Å²) < 4.78 is 7.85. The first-order chi connectivity index (χ1) is 13.2. The zero-order chi connectivity index (χ0) is 19.1. The number of oxazole rings is 1. The molecule has 28 heavy (non-hydrogen) atoms. The summed E-state index contributed by atoms with van der Waals surface area (Å²) in [5.74, 6) is 3.04. The van der Waals surface area contributed by atoms with Crippen LogP contribution in [0.25, 0.3) is 11.3 Å². The van der Waals surface area contributed by atoms with Gasteiger partial charge in [-0.3, -0.25) is 4.99 Å². The van der Waals surface area contributed by atoms with Gasteiger partial charge in [0.1, 0.15) is 12.2 Å². The van der Waals surface area contributed by atoms with Crippen molar-refractivity contribution >= 4 is 29.9 Å². The molecule has 0 saturated carbocycles. The fraction of sp³-hybridized carbons (Fsp3) is 0.368. The molecule has 2 aromatic heterocycles. The number of hydrogen-bond acceptors (Lipinski definition) is 5. The molecule has 150 valence electrons. The number of nitrogens with zero attached hydrogens (tertiary/aromatic N) is 5. The summed E-state index contributed by atoms with van der Waals surface area (Å²) in [4.78, 5) is 8.56. The number of hydrogen-bond donors (Lipinski definition) is 2. The molecule has 0 fully saturated rings. The van der Waals surface area contributed by atoms with Crippen LogP contribution in [0.15, 0.2) is 46.2 Å². The lowest BCUT2D eigenvalue weighted by molar-refractivity contribution is 0.497. The van der Waals surface area contributed by atoms with E-state index < -0.39 is 0 Å². The molecule has 0 aliphatic carbocycles. The molecule has 0 spiro atoms. The van der Waals surface area contributed by atoms with Gasteiger partial charge in [0.25, 0.3) is 0 Å². The minimum atomic E-state index is 0. The van der Waals surface area contributed by atoms with Crippen LogP contribution in [0.3, 0.4) is 0 Å². The van der Waals surface area contributed by atoms with Crippen LogP contribution >= 0.6 is 24.0 Å². The van der Waals surface area contributed by atoms with E-state index in [-0.39, 0.29) is 24.0 Å². The summed E-state index contributed by atoms with van der Waals surface area (Å²) in [6.45, 7) is 6.07. The second kappa shape index (κ2) is 10.8. The maximum Gasteiger partial charge on any atom is 0.214 e. The van der Waals surface area contributed by atoms with Crippen molar-refractivity contribution in [2.24, 2.45) is 4.99 Å². The van der Waals surface area contributed by atoms with Gasteiger partial charge < -0.3 is 19.6 Å². The van der Waals surface area contributed by atoms with Crippen molar-refractivity contribution in [3.8, 4) is 11.3 Å². The van der Waals surface area contributed by atoms with Crippen LogP contribution in [0.2, 0.25) is 0 Å². The van der Waals surface area contributed by atoms with E-state index in [1.165, 1.54) is 5.56 Å². The Morgan fingerprint density at radius 3 is 2.71 bits per heavy atom. The SMILES string of the molecule is CCc1nncn1CCNC(=NC)NCc1ncc(-c2ccc(C)cc2)o1.I. The number of aromatic nitrogens is 4. The summed E-state index contributed by atoms with van der Waals surface area (Å²) in [7, 11) is 1.73. The molecule has 0 aliphatic rings. The van der Waals surface area contributed by atoms with Gasteiger partial charge in [-0.15, -0.1) is 34.2 Å². The third kappa shape index (κ3) is 5.78. The standard InChI is InChI=1S/C19H25N7O.HI/c1-4-17-25-24-13-26(17)10-9-21-19(20-3)23-12-18-22-11-16(27-18)15-7-5-14(2)6-8-15;/h5-8,11,13H,4,9-10,12H2,1-3H3,(H2,20,21,23);1H. The van der Waals surface area contributed by atoms with Gasteiger partial charge in [-0.2, -0.15) is 0 Å². The average Bonchev–Trinajstić information content (AvgIpc) is 3.34. The van der Waals surface area contributed by atoms with Crippen LogP contribution in [-0.2, 0) is 19.5 Å². The molecule has 2 heterocycles. The highest BCUT2D eigenvalue weighted by molar-refractivity contribution is 14.0. The lowest BCUT2D eigenvalue weighted by atomic mass is 10.1. The van der Waals surface area contributed by atoms with E-state index >= 15 is 0 Å². The molecule has 0 atom stereocenters. The highest BCUT2D eigenvalue weighted by Crippen LogP contribution is 2.20. The van der Waals surface area contributed by atoms with Crippen molar-refractivity contribution in [3.05, 3.63) is 54.1 Å². The molecular formula is C19H26IN7O. The average molecular weight is 495 g/mol. The van der Waals surface area contributed by atoms with Crippen LogP contribution in [0.4, 0.5) is 0 Å². The van der Waals surface area contributed by atoms with Crippen molar-refractivity contribution in [3.63, 3.8) is 0 Å². The first-order valence-electron chi connectivity index (χ1n) is 9.02. The van der Waals surface area contributed by atoms with Crippen molar-refractivity contribution < 1.29 is 4.42 Å². The third-order valence-electron chi connectivity index (χ3n) is 4.18. The van der Waals surface area contributed by atoms with E-state index in [2.05, 4.69) is 56.8 Å². The Morgan fingerprint density at radius 1 is 1.21 bits per heavy atom. The minimum Gasteiger partial charge on any atom is -0.439 e. The molecule has 0 bridgehead atoms. The summed E-state index contributed by atoms with van der Waals surface area (Å²) in [5.41, 5.74) is 2.23. The molecule has 0 aliphatic heterocycles. The maximum absolute atomic E-state index is 5.82. The van der Waals surface area contributed by atoms with Crippen LogP contribution in [0.1, 0.15) is 24.2 Å². The topological polar surface area (TPSA) is 93.2 Å². The van der Waals surface area contributed by atoms with Crippen LogP contribution in [0, 0.1) is 6.92 Å². The maximum atomic E-state index is 5.82. The Labute approximate surface area is 181 Å². The monoisotopic (exact) mass is 495 g/mol. The number of nitrogens with one attached hydrogen (secondary N) is 2. The predicted molar refractivity (Wildman–Crippen MR) is 120 cm³/mol. The molecule has 3 rings (SSSR count). The van der Waals surface area contributed by atoms with E-state index in [4.69, 9.17) is 4.42 Å². The van der Waals surface area contributed by atoms with E-state index in [9.17, 15) is 0 Å². The van der Waals surface area contributed by atoms with E-state index in [0.717, 1.165) is 30.1 Å². The minimum absolute atomic E-state index is 0. The first-order valence-corrected chi connectivity index (χ1v) is 9.02. The molecule has 0 radical (unpaired) electrons. The lowest BCUT2D eigenvalue weighted by Gasteiger charge is -2.11. The van der Waals surface area contributed by atoms with E-state index in [0.29, 0.717) is 24.9 Å². The molecule has 2 N–H and O–H groups in total. The van der Waals surface area contributed by atoms with Gasteiger partial charge in [-0.05, 0) is 6.92 Å². The van der Waals surface area contributed by atoms with Crippen molar-refractivity contribution in [2.75, 3.05) is 13.6 Å². The number of aliphatic imine (C=N–C) groups is 1. The van der Waals surface area contributed by atoms with Crippen LogP contribution in [-0.4, -0.2) is 39.3 Å². The molecule has 0 amide bonds. The number of benzene rings is 1. The second-order valence-electron chi connectivity index (χ2n) is 6.13. The van der Waals surface area contributed by atoms with Crippen molar-refractivity contribution in [2.45, 2.75) is 33.4 Å². The van der Waals surface area contributed by atoms with Crippen LogP contribution < -0.4 is 10.6 Å². The number of halogens is 1. The van der Waals surface area contributed by atoms with Gasteiger partial charge in [0.15, 0.2) is 11.7 Å². The Balaban J connectivity index is 0.00000280. The van der Waals surface area contributed by atoms with Gasteiger partial charge in [0.05, 0.1) is 12.7 Å². The van der Waals surface area contributed by atoms with Gasteiger partial charge in [-0.25, -0.2) is 4.98 Å². The summed E-state index contributed by atoms with van der Waals surface area (Å²) >= 11 is 0. The quantitative estimate of drug-likeness (QED) is 0.298. The van der Waals surface area contributed by atoms with E-state index in [1.54, 1.807) is 19.6 Å². The molecule has 0 unspecified atom stereocenters. The largest absolute Gasteiger partial charge is 0.439 e. The zero-order valence-corrected chi connectivity index (χ0v) is 18.7. The summed E-state index contributed by atoms with van der Waals surface area (Å²) in [6.07, 6.45) is 4.35. The Bertz CT molecular complexity index is 886. The lowest BCUT2D eigenvalue weighted by Crippen LogP contribution is -2.38. The summed E-state index contributed by atoms with van der Waals surface area (Å²) in [6, 6.07) is 8.18. The van der Waals surface area contributed by atoms with Gasteiger partial charge in [-0.1, -0.05) is 36.8 Å². The first kappa shape index (κ1) is 21.9. The molecule has 1 aromatic carbocycles. The Morgan fingerprint density at radius 2 is 2.00 bits per heavy atom. The fourth-order valence-corrected chi connectivity index (χ4v) is 2.66. The van der Waals surface area contributed by atoms with Crippen molar-refractivity contribution in [1.82, 2.24) is 30.4 Å². The van der Waals surface area contributed by atoms with Crippen LogP contribution in [0.5, 0.6) is 0 Å². The normalized spacial score (nSPS) is 11.2. The molecule has 3 aromatic rings. The Kier molecular flexibility index (Phi) is 8.42. The molecule has 0 saturated heterocycles. The van der Waals surface area contributed by atoms with Crippen molar-refractivity contribution in [1.29, 1.82) is 0 Å². The van der Waals surface area contributed by atoms with Gasteiger partial charge in [0.2, 0.25) is 5.89 Å². The predicted octanol–water partition coefficient (Wildman–Crippen LogP) is 2.79. The highest BCUT2D eigenvalue weighted by Gasteiger charge is 2.07. The molecular weight excluding hydrogens is 469 g/mol. The van der Waals surface area contributed by atoms with Gasteiger partial charge >= 0.3 is 0 Å². The number of guanidine groups is 1. The zero-order valence-electron chi connectivity index (χ0n) is 16.3. The molecule has 9 heteroatoms. The molecule has 8 nitrogen and oxygen atoms in total. The summed E-state index contributed by atoms with van der Waals surface area (Å²) in [5, 5.41) is 14.5. The van der Waals surface area contributed by atoms with Gasteiger partial charge in [0, 0.05) is 32.1 Å².